The molecule has 0 amide bonds. The molecule has 0 saturated heterocycles. The minimum atomic E-state index is 0.00242. The van der Waals surface area contributed by atoms with E-state index >= 15 is 0 Å². The zero-order valence-electron chi connectivity index (χ0n) is 14.8. The molecule has 0 aliphatic heterocycles. The van der Waals surface area contributed by atoms with Crippen LogP contribution in [0.5, 0.6) is 0 Å². The standard InChI is InChI=1S/C20H29NO2/c1-5-23-19(22)16-11-15-12-17(20(15,2)3)18(16)21(4)13-14-9-7-6-8-10-14/h6-10,15-18H,5,11-13H2,1-4H3/t15-,16+,17-,18-/m0/s1. The molecule has 0 unspecified atom stereocenters. The second-order valence-electron chi connectivity index (χ2n) is 7.85. The van der Waals surface area contributed by atoms with Crippen LogP contribution in [0.3, 0.4) is 0 Å². The lowest BCUT2D eigenvalue weighted by molar-refractivity contribution is -0.178. The molecule has 1 aromatic carbocycles. The highest BCUT2D eigenvalue weighted by Crippen LogP contribution is 2.61. The van der Waals surface area contributed by atoms with Crippen LogP contribution >= 0.6 is 0 Å². The van der Waals surface area contributed by atoms with Crippen molar-refractivity contribution in [2.45, 2.75) is 46.2 Å². The number of hydrogen-bond acceptors (Lipinski definition) is 3. The summed E-state index contributed by atoms with van der Waals surface area (Å²) in [6.07, 6.45) is 2.23. The second kappa shape index (κ2) is 6.27. The maximum Gasteiger partial charge on any atom is 0.310 e. The van der Waals surface area contributed by atoms with Crippen molar-refractivity contribution in [2.24, 2.45) is 23.2 Å². The van der Waals surface area contributed by atoms with Crippen molar-refractivity contribution < 1.29 is 9.53 Å². The summed E-state index contributed by atoms with van der Waals surface area (Å²) in [5, 5.41) is 0. The molecular weight excluding hydrogens is 286 g/mol. The summed E-state index contributed by atoms with van der Waals surface area (Å²) in [5.41, 5.74) is 1.65. The van der Waals surface area contributed by atoms with Gasteiger partial charge in [0.1, 0.15) is 0 Å². The van der Waals surface area contributed by atoms with E-state index in [1.807, 2.05) is 13.0 Å². The average Bonchev–Trinajstić information content (AvgIpc) is 2.55. The third-order valence-electron chi connectivity index (χ3n) is 6.28. The predicted octanol–water partition coefficient (Wildman–Crippen LogP) is 3.73. The third kappa shape index (κ3) is 2.91. The van der Waals surface area contributed by atoms with Crippen molar-refractivity contribution in [3.8, 4) is 0 Å². The van der Waals surface area contributed by atoms with Crippen molar-refractivity contribution in [3.63, 3.8) is 0 Å². The van der Waals surface area contributed by atoms with Gasteiger partial charge in [0.15, 0.2) is 0 Å². The Morgan fingerprint density at radius 3 is 2.57 bits per heavy atom. The molecule has 3 saturated carbocycles. The van der Waals surface area contributed by atoms with Gasteiger partial charge >= 0.3 is 5.97 Å². The maximum absolute atomic E-state index is 12.5. The quantitative estimate of drug-likeness (QED) is 0.775. The van der Waals surface area contributed by atoms with Crippen LogP contribution in [-0.2, 0) is 16.1 Å². The number of benzene rings is 1. The zero-order chi connectivity index (χ0) is 16.6. The number of fused-ring (bicyclic) bond motifs is 2. The summed E-state index contributed by atoms with van der Waals surface area (Å²) in [6, 6.07) is 10.8. The fraction of sp³-hybridized carbons (Fsp3) is 0.650. The average molecular weight is 315 g/mol. The van der Waals surface area contributed by atoms with Crippen LogP contribution in [0.15, 0.2) is 30.3 Å². The highest BCUT2D eigenvalue weighted by molar-refractivity contribution is 5.74. The molecule has 1 aromatic rings. The fourth-order valence-electron chi connectivity index (χ4n) is 4.84. The fourth-order valence-corrected chi connectivity index (χ4v) is 4.84. The summed E-state index contributed by atoms with van der Waals surface area (Å²) in [4.78, 5) is 14.9. The lowest BCUT2D eigenvalue weighted by Crippen LogP contribution is -2.64. The highest BCUT2D eigenvalue weighted by Gasteiger charge is 2.60. The first-order chi connectivity index (χ1) is 10.9. The van der Waals surface area contributed by atoms with Gasteiger partial charge in [-0.2, -0.15) is 0 Å². The van der Waals surface area contributed by atoms with Gasteiger partial charge in [-0.1, -0.05) is 44.2 Å². The van der Waals surface area contributed by atoms with E-state index < -0.39 is 0 Å². The summed E-state index contributed by atoms with van der Waals surface area (Å²) in [5.74, 6) is 1.29. The molecule has 23 heavy (non-hydrogen) atoms. The van der Waals surface area contributed by atoms with Gasteiger partial charge in [-0.05, 0) is 49.6 Å². The zero-order valence-corrected chi connectivity index (χ0v) is 14.8. The number of nitrogens with zero attached hydrogens (tertiary/aromatic N) is 1. The van der Waals surface area contributed by atoms with Crippen LogP contribution in [0.2, 0.25) is 0 Å². The van der Waals surface area contributed by atoms with E-state index in [0.29, 0.717) is 23.9 Å². The van der Waals surface area contributed by atoms with Gasteiger partial charge < -0.3 is 4.74 Å². The minimum absolute atomic E-state index is 0.00242. The van der Waals surface area contributed by atoms with E-state index in [1.165, 1.54) is 12.0 Å². The predicted molar refractivity (Wildman–Crippen MR) is 91.8 cm³/mol. The number of ether oxygens (including phenoxy) is 1. The Hall–Kier alpha value is -1.35. The van der Waals surface area contributed by atoms with Crippen molar-refractivity contribution in [3.05, 3.63) is 35.9 Å². The van der Waals surface area contributed by atoms with Crippen molar-refractivity contribution in [1.29, 1.82) is 0 Å². The van der Waals surface area contributed by atoms with Gasteiger partial charge in [0, 0.05) is 12.6 Å². The van der Waals surface area contributed by atoms with Crippen LogP contribution < -0.4 is 0 Å². The van der Waals surface area contributed by atoms with E-state index in [0.717, 1.165) is 13.0 Å². The largest absolute Gasteiger partial charge is 0.466 e. The Bertz CT molecular complexity index is 554. The number of rotatable bonds is 5. The molecule has 3 aliphatic rings. The molecule has 0 N–H and O–H groups in total. The second-order valence-corrected chi connectivity index (χ2v) is 7.85. The van der Waals surface area contributed by atoms with Crippen molar-refractivity contribution in [2.75, 3.05) is 13.7 Å². The molecule has 0 spiro atoms. The van der Waals surface area contributed by atoms with Gasteiger partial charge in [-0.3, -0.25) is 9.69 Å². The number of carbonyl (C=O) groups is 1. The molecule has 0 heterocycles. The molecule has 2 bridgehead atoms. The van der Waals surface area contributed by atoms with Gasteiger partial charge in [0.2, 0.25) is 0 Å². The normalized spacial score (nSPS) is 31.5. The van der Waals surface area contributed by atoms with Gasteiger partial charge in [-0.25, -0.2) is 0 Å². The van der Waals surface area contributed by atoms with Crippen molar-refractivity contribution >= 4 is 5.97 Å². The Kier molecular flexibility index (Phi) is 4.50. The lowest BCUT2D eigenvalue weighted by atomic mass is 9.44. The summed E-state index contributed by atoms with van der Waals surface area (Å²) < 4.78 is 5.38. The summed E-state index contributed by atoms with van der Waals surface area (Å²) in [7, 11) is 2.17. The summed E-state index contributed by atoms with van der Waals surface area (Å²) >= 11 is 0. The van der Waals surface area contributed by atoms with E-state index in [4.69, 9.17) is 4.74 Å². The molecule has 126 valence electrons. The van der Waals surface area contributed by atoms with Crippen LogP contribution in [-0.4, -0.2) is 30.6 Å². The molecular formula is C20H29NO2. The third-order valence-corrected chi connectivity index (χ3v) is 6.28. The molecule has 3 heteroatoms. The first-order valence-electron chi connectivity index (χ1n) is 8.86. The smallest absolute Gasteiger partial charge is 0.310 e. The van der Waals surface area contributed by atoms with Crippen LogP contribution in [0.4, 0.5) is 0 Å². The number of hydrogen-bond donors (Lipinski definition) is 0. The molecule has 0 aromatic heterocycles. The van der Waals surface area contributed by atoms with Crippen LogP contribution in [0.1, 0.15) is 39.2 Å². The molecule has 0 radical (unpaired) electrons. The highest BCUT2D eigenvalue weighted by atomic mass is 16.5. The maximum atomic E-state index is 12.5. The van der Waals surface area contributed by atoms with Crippen molar-refractivity contribution in [1.82, 2.24) is 4.90 Å². The first-order valence-corrected chi connectivity index (χ1v) is 8.86. The topological polar surface area (TPSA) is 29.5 Å². The van der Waals surface area contributed by atoms with E-state index in [-0.39, 0.29) is 17.9 Å². The molecule has 4 rings (SSSR count). The van der Waals surface area contributed by atoms with E-state index in [9.17, 15) is 4.79 Å². The van der Waals surface area contributed by atoms with E-state index in [1.54, 1.807) is 0 Å². The molecule has 3 aliphatic carbocycles. The summed E-state index contributed by atoms with van der Waals surface area (Å²) in [6.45, 7) is 8.00. The molecule has 3 fully saturated rings. The van der Waals surface area contributed by atoms with Gasteiger partial charge in [0.05, 0.1) is 12.5 Å². The molecule has 4 atom stereocenters. The van der Waals surface area contributed by atoms with E-state index in [2.05, 4.69) is 50.1 Å². The number of esters is 1. The van der Waals surface area contributed by atoms with Crippen LogP contribution in [0, 0.1) is 23.2 Å². The Morgan fingerprint density at radius 1 is 1.26 bits per heavy atom. The molecule has 3 nitrogen and oxygen atoms in total. The number of carbonyl (C=O) groups excluding carboxylic acids is 1. The SMILES string of the molecule is CCOC(=O)[C@@H]1C[C@H]2C[C@@H]([C@H]1N(C)Cc1ccccc1)C2(C)C. The Morgan fingerprint density at radius 2 is 1.96 bits per heavy atom. The van der Waals surface area contributed by atoms with Gasteiger partial charge in [-0.15, -0.1) is 0 Å². The van der Waals surface area contributed by atoms with Gasteiger partial charge in [0.25, 0.3) is 0 Å². The van der Waals surface area contributed by atoms with Crippen LogP contribution in [0.25, 0.3) is 0 Å². The lowest BCUT2D eigenvalue weighted by Gasteiger charge is -2.63. The monoisotopic (exact) mass is 315 g/mol. The Labute approximate surface area is 140 Å². The first kappa shape index (κ1) is 16.5. The minimum Gasteiger partial charge on any atom is -0.466 e. The Balaban J connectivity index is 1.80.